The molecule has 2 atom stereocenters. The van der Waals surface area contributed by atoms with E-state index in [0.29, 0.717) is 18.8 Å². The summed E-state index contributed by atoms with van der Waals surface area (Å²) in [4.78, 5) is 23.2. The normalized spacial score (nSPS) is 35.4. The molecule has 0 heterocycles. The minimum Gasteiger partial charge on any atom is -0.299 e. The lowest BCUT2D eigenvalue weighted by Gasteiger charge is -2.27. The van der Waals surface area contributed by atoms with Crippen LogP contribution in [0.2, 0.25) is 0 Å². The van der Waals surface area contributed by atoms with Crippen molar-refractivity contribution >= 4 is 11.6 Å². The Labute approximate surface area is 78.7 Å². The maximum atomic E-state index is 11.6. The molecule has 0 aromatic heterocycles. The molecule has 2 aliphatic rings. The van der Waals surface area contributed by atoms with E-state index in [1.54, 1.807) is 0 Å². The number of rotatable bonds is 0. The zero-order valence-electron chi connectivity index (χ0n) is 7.92. The van der Waals surface area contributed by atoms with E-state index in [2.05, 4.69) is 0 Å². The first-order valence-corrected chi connectivity index (χ1v) is 5.34. The second-order valence-electron chi connectivity index (χ2n) is 4.31. The van der Waals surface area contributed by atoms with E-state index in [0.717, 1.165) is 32.1 Å². The van der Waals surface area contributed by atoms with Gasteiger partial charge in [-0.15, -0.1) is 0 Å². The first-order valence-electron chi connectivity index (χ1n) is 5.34. The van der Waals surface area contributed by atoms with Crippen LogP contribution >= 0.6 is 0 Å². The number of hydrogen-bond acceptors (Lipinski definition) is 2. The van der Waals surface area contributed by atoms with Crippen LogP contribution in [0.15, 0.2) is 0 Å². The van der Waals surface area contributed by atoms with Crippen molar-refractivity contribution < 1.29 is 9.59 Å². The fourth-order valence-corrected chi connectivity index (χ4v) is 2.74. The van der Waals surface area contributed by atoms with Crippen LogP contribution in [0.1, 0.15) is 44.9 Å². The summed E-state index contributed by atoms with van der Waals surface area (Å²) in [5.41, 5.74) is 0. The zero-order valence-corrected chi connectivity index (χ0v) is 7.92. The van der Waals surface area contributed by atoms with Crippen LogP contribution in [-0.2, 0) is 9.59 Å². The molecular weight excluding hydrogens is 164 g/mol. The second-order valence-corrected chi connectivity index (χ2v) is 4.31. The lowest BCUT2D eigenvalue weighted by molar-refractivity contribution is -0.136. The second kappa shape index (κ2) is 3.60. The first kappa shape index (κ1) is 8.92. The van der Waals surface area contributed by atoms with Crippen LogP contribution in [0.25, 0.3) is 0 Å². The van der Waals surface area contributed by atoms with Gasteiger partial charge in [-0.25, -0.2) is 0 Å². The molecule has 2 heteroatoms. The molecule has 0 spiro atoms. The molecule has 0 amide bonds. The molecule has 2 saturated carbocycles. The van der Waals surface area contributed by atoms with E-state index >= 15 is 0 Å². The monoisotopic (exact) mass is 180 g/mol. The van der Waals surface area contributed by atoms with Crippen molar-refractivity contribution in [2.75, 3.05) is 0 Å². The Morgan fingerprint density at radius 1 is 0.846 bits per heavy atom. The molecule has 2 aliphatic carbocycles. The van der Waals surface area contributed by atoms with Gasteiger partial charge in [-0.3, -0.25) is 9.59 Å². The molecule has 2 nitrogen and oxygen atoms in total. The van der Waals surface area contributed by atoms with Gasteiger partial charge in [-0.05, 0) is 31.6 Å². The van der Waals surface area contributed by atoms with E-state index in [9.17, 15) is 9.59 Å². The molecule has 0 N–H and O–H groups in total. The van der Waals surface area contributed by atoms with Crippen molar-refractivity contribution in [1.82, 2.24) is 0 Å². The topological polar surface area (TPSA) is 34.1 Å². The Hall–Kier alpha value is -0.660. The lowest BCUT2D eigenvalue weighted by Crippen LogP contribution is -2.33. The van der Waals surface area contributed by atoms with Crippen LogP contribution in [-0.4, -0.2) is 11.6 Å². The molecule has 0 radical (unpaired) electrons. The van der Waals surface area contributed by atoms with Gasteiger partial charge >= 0.3 is 0 Å². The fourth-order valence-electron chi connectivity index (χ4n) is 2.74. The van der Waals surface area contributed by atoms with Gasteiger partial charge in [0, 0.05) is 12.8 Å². The van der Waals surface area contributed by atoms with Crippen molar-refractivity contribution in [2.24, 2.45) is 11.8 Å². The van der Waals surface area contributed by atoms with Crippen LogP contribution in [0.5, 0.6) is 0 Å². The fraction of sp³-hybridized carbons (Fsp3) is 0.818. The molecule has 0 unspecified atom stereocenters. The molecular formula is C11H16O2. The predicted molar refractivity (Wildman–Crippen MR) is 49.3 cm³/mol. The first-order chi connectivity index (χ1) is 6.29. The average Bonchev–Trinajstić information content (AvgIpc) is 2.29. The maximum Gasteiger partial charge on any atom is 0.143 e. The van der Waals surface area contributed by atoms with Gasteiger partial charge < -0.3 is 0 Å². The number of fused-ring (bicyclic) bond motifs is 1. The van der Waals surface area contributed by atoms with Crippen molar-refractivity contribution in [3.8, 4) is 0 Å². The Kier molecular flexibility index (Phi) is 2.47. The Morgan fingerprint density at radius 2 is 1.46 bits per heavy atom. The summed E-state index contributed by atoms with van der Waals surface area (Å²) < 4.78 is 0. The summed E-state index contributed by atoms with van der Waals surface area (Å²) in [6.45, 7) is 0. The van der Waals surface area contributed by atoms with Gasteiger partial charge in [-0.1, -0.05) is 6.42 Å². The smallest absolute Gasteiger partial charge is 0.143 e. The minimum atomic E-state index is -0.198. The molecule has 2 rings (SSSR count). The number of carbonyl (C=O) groups is 2. The molecule has 0 saturated heterocycles. The highest BCUT2D eigenvalue weighted by atomic mass is 16.1. The average molecular weight is 180 g/mol. The summed E-state index contributed by atoms with van der Waals surface area (Å²) in [5.74, 6) is 0.655. The largest absolute Gasteiger partial charge is 0.299 e. The zero-order chi connectivity index (χ0) is 9.26. The molecule has 0 aromatic rings. The van der Waals surface area contributed by atoms with Gasteiger partial charge in [0.1, 0.15) is 11.6 Å². The molecule has 0 aromatic carbocycles. The van der Waals surface area contributed by atoms with Crippen molar-refractivity contribution in [2.45, 2.75) is 44.9 Å². The third kappa shape index (κ3) is 1.67. The van der Waals surface area contributed by atoms with Crippen LogP contribution in [0, 0.1) is 11.8 Å². The predicted octanol–water partition coefficient (Wildman–Crippen LogP) is 2.11. The van der Waals surface area contributed by atoms with E-state index in [1.807, 2.05) is 0 Å². The van der Waals surface area contributed by atoms with Crippen LogP contribution in [0.3, 0.4) is 0 Å². The quantitative estimate of drug-likeness (QED) is 0.535. The van der Waals surface area contributed by atoms with Gasteiger partial charge in [0.15, 0.2) is 0 Å². The van der Waals surface area contributed by atoms with E-state index in [4.69, 9.17) is 0 Å². The molecule has 72 valence electrons. The van der Waals surface area contributed by atoms with Gasteiger partial charge in [0.2, 0.25) is 0 Å². The van der Waals surface area contributed by atoms with Crippen LogP contribution in [0.4, 0.5) is 0 Å². The van der Waals surface area contributed by atoms with E-state index in [-0.39, 0.29) is 17.5 Å². The highest BCUT2D eigenvalue weighted by Crippen LogP contribution is 2.35. The number of Topliss-reactive ketones (excluding diaryl/α,β-unsaturated/α-hetero) is 2. The highest BCUT2D eigenvalue weighted by Gasteiger charge is 2.37. The summed E-state index contributed by atoms with van der Waals surface area (Å²) in [6.07, 6.45) is 6.64. The van der Waals surface area contributed by atoms with E-state index < -0.39 is 0 Å². The SMILES string of the molecule is O=C1CCCC[C@H]2CCCC(=O)[C@@H]12. The van der Waals surface area contributed by atoms with Crippen molar-refractivity contribution in [3.05, 3.63) is 0 Å². The number of hydrogen-bond donors (Lipinski definition) is 0. The summed E-state index contributed by atoms with van der Waals surface area (Å²) in [5, 5.41) is 0. The molecule has 0 aliphatic heterocycles. The van der Waals surface area contributed by atoms with Crippen molar-refractivity contribution in [1.29, 1.82) is 0 Å². The van der Waals surface area contributed by atoms with Crippen LogP contribution < -0.4 is 0 Å². The van der Waals surface area contributed by atoms with Crippen molar-refractivity contribution in [3.63, 3.8) is 0 Å². The van der Waals surface area contributed by atoms with E-state index in [1.165, 1.54) is 0 Å². The number of ketones is 2. The van der Waals surface area contributed by atoms with Gasteiger partial charge in [0.25, 0.3) is 0 Å². The Morgan fingerprint density at radius 3 is 2.23 bits per heavy atom. The third-order valence-corrected chi connectivity index (χ3v) is 3.41. The standard InChI is InChI=1S/C11H16O2/c12-9-6-2-1-4-8-5-3-7-10(13)11(8)9/h8,11H,1-7H2/t8-,11+/m0/s1. The highest BCUT2D eigenvalue weighted by molar-refractivity contribution is 6.03. The molecule has 2 fully saturated rings. The summed E-state index contributed by atoms with van der Waals surface area (Å²) in [7, 11) is 0. The summed E-state index contributed by atoms with van der Waals surface area (Å²) in [6, 6.07) is 0. The lowest BCUT2D eigenvalue weighted by atomic mass is 9.75. The summed E-state index contributed by atoms with van der Waals surface area (Å²) >= 11 is 0. The number of carbonyl (C=O) groups excluding carboxylic acids is 2. The molecule has 13 heavy (non-hydrogen) atoms. The maximum absolute atomic E-state index is 11.6. The van der Waals surface area contributed by atoms with Gasteiger partial charge in [-0.2, -0.15) is 0 Å². The van der Waals surface area contributed by atoms with Gasteiger partial charge in [0.05, 0.1) is 5.92 Å². The molecule has 0 bridgehead atoms. The minimum absolute atomic E-state index is 0.198. The third-order valence-electron chi connectivity index (χ3n) is 3.41. The Bertz CT molecular complexity index is 232. The Balaban J connectivity index is 2.18.